The molecule has 18 heavy (non-hydrogen) atoms. The van der Waals surface area contributed by atoms with Gasteiger partial charge in [0.25, 0.3) is 0 Å². The van der Waals surface area contributed by atoms with E-state index in [0.29, 0.717) is 11.6 Å². The van der Waals surface area contributed by atoms with E-state index in [9.17, 15) is 0 Å². The summed E-state index contributed by atoms with van der Waals surface area (Å²) in [6.07, 6.45) is 5.35. The molecule has 0 atom stereocenters. The van der Waals surface area contributed by atoms with E-state index in [4.69, 9.17) is 5.26 Å². The Morgan fingerprint density at radius 3 is 3.06 bits per heavy atom. The van der Waals surface area contributed by atoms with Crippen molar-refractivity contribution in [2.24, 2.45) is 0 Å². The third-order valence-corrected chi connectivity index (χ3v) is 2.40. The fourth-order valence-electron chi connectivity index (χ4n) is 1.60. The molecule has 92 valence electrons. The van der Waals surface area contributed by atoms with Crippen LogP contribution in [0.3, 0.4) is 0 Å². The summed E-state index contributed by atoms with van der Waals surface area (Å²) < 4.78 is 0. The molecule has 0 amide bonds. The molecule has 2 aromatic heterocycles. The van der Waals surface area contributed by atoms with Crippen molar-refractivity contribution in [2.45, 2.75) is 19.8 Å². The third kappa shape index (κ3) is 3.28. The van der Waals surface area contributed by atoms with E-state index in [2.05, 4.69) is 25.3 Å². The van der Waals surface area contributed by atoms with Gasteiger partial charge in [-0.1, -0.05) is 0 Å². The van der Waals surface area contributed by atoms with Crippen LogP contribution in [0.2, 0.25) is 0 Å². The van der Waals surface area contributed by atoms with Crippen LogP contribution < -0.4 is 5.32 Å². The Bertz CT molecular complexity index is 540. The predicted octanol–water partition coefficient (Wildman–Crippen LogP) is 1.42. The van der Waals surface area contributed by atoms with Crippen LogP contribution in [-0.2, 0) is 6.42 Å². The topological polar surface area (TPSA) is 90.3 Å². The number of imidazole rings is 1. The van der Waals surface area contributed by atoms with Gasteiger partial charge in [0.15, 0.2) is 0 Å². The molecule has 6 nitrogen and oxygen atoms in total. The van der Waals surface area contributed by atoms with Crippen LogP contribution in [-0.4, -0.2) is 26.5 Å². The molecule has 0 saturated carbocycles. The minimum absolute atomic E-state index is 0.385. The van der Waals surface area contributed by atoms with E-state index in [1.807, 2.05) is 19.2 Å². The van der Waals surface area contributed by atoms with Gasteiger partial charge < -0.3 is 10.3 Å². The minimum atomic E-state index is 0.385. The summed E-state index contributed by atoms with van der Waals surface area (Å²) >= 11 is 0. The molecule has 0 aromatic carbocycles. The maximum atomic E-state index is 8.80. The van der Waals surface area contributed by atoms with Crippen molar-refractivity contribution in [1.29, 1.82) is 5.26 Å². The lowest BCUT2D eigenvalue weighted by atomic mass is 10.3. The van der Waals surface area contributed by atoms with Gasteiger partial charge in [-0.2, -0.15) is 5.26 Å². The summed E-state index contributed by atoms with van der Waals surface area (Å²) in [5.74, 6) is 1.48. The number of rotatable bonds is 5. The monoisotopic (exact) mass is 242 g/mol. The van der Waals surface area contributed by atoms with Crippen LogP contribution in [0.1, 0.15) is 23.6 Å². The summed E-state index contributed by atoms with van der Waals surface area (Å²) in [5, 5.41) is 11.9. The fourth-order valence-corrected chi connectivity index (χ4v) is 1.60. The fraction of sp³-hybridized carbons (Fsp3) is 0.333. The van der Waals surface area contributed by atoms with Gasteiger partial charge in [-0.25, -0.2) is 15.0 Å². The lowest BCUT2D eigenvalue weighted by Crippen LogP contribution is -2.08. The van der Waals surface area contributed by atoms with Gasteiger partial charge in [-0.15, -0.1) is 0 Å². The van der Waals surface area contributed by atoms with Crippen molar-refractivity contribution in [1.82, 2.24) is 19.9 Å². The Morgan fingerprint density at radius 2 is 2.33 bits per heavy atom. The molecule has 2 heterocycles. The van der Waals surface area contributed by atoms with E-state index in [1.165, 1.54) is 0 Å². The zero-order chi connectivity index (χ0) is 12.8. The average Bonchev–Trinajstić information content (AvgIpc) is 2.87. The molecule has 0 aliphatic carbocycles. The molecule has 0 bridgehead atoms. The Kier molecular flexibility index (Phi) is 3.86. The van der Waals surface area contributed by atoms with Crippen LogP contribution >= 0.6 is 0 Å². The van der Waals surface area contributed by atoms with E-state index < -0.39 is 0 Å². The van der Waals surface area contributed by atoms with Crippen molar-refractivity contribution >= 4 is 5.95 Å². The number of hydrogen-bond donors (Lipinski definition) is 2. The summed E-state index contributed by atoms with van der Waals surface area (Å²) in [7, 11) is 0. The number of aromatic nitrogens is 4. The quantitative estimate of drug-likeness (QED) is 0.774. The third-order valence-electron chi connectivity index (χ3n) is 2.40. The highest BCUT2D eigenvalue weighted by atomic mass is 15.1. The second-order valence-corrected chi connectivity index (χ2v) is 3.90. The Morgan fingerprint density at radius 1 is 1.44 bits per heavy atom. The first kappa shape index (κ1) is 12.0. The van der Waals surface area contributed by atoms with Gasteiger partial charge in [0.2, 0.25) is 5.95 Å². The molecule has 6 heteroatoms. The molecule has 0 radical (unpaired) electrons. The second-order valence-electron chi connectivity index (χ2n) is 3.90. The van der Waals surface area contributed by atoms with Gasteiger partial charge in [-0.05, 0) is 19.4 Å². The summed E-state index contributed by atoms with van der Waals surface area (Å²) in [6, 6.07) is 3.68. The van der Waals surface area contributed by atoms with E-state index in [-0.39, 0.29) is 0 Å². The predicted molar refractivity (Wildman–Crippen MR) is 66.9 cm³/mol. The number of aryl methyl sites for hydroxylation is 2. The smallest absolute Gasteiger partial charge is 0.224 e. The van der Waals surface area contributed by atoms with E-state index in [1.54, 1.807) is 12.3 Å². The first-order valence-corrected chi connectivity index (χ1v) is 5.76. The average molecular weight is 242 g/mol. The van der Waals surface area contributed by atoms with Crippen LogP contribution in [0.4, 0.5) is 5.95 Å². The second kappa shape index (κ2) is 5.77. The molecule has 2 rings (SSSR count). The van der Waals surface area contributed by atoms with Crippen LogP contribution in [0.15, 0.2) is 18.5 Å². The number of aromatic amines is 1. The Hall–Kier alpha value is -2.42. The summed E-state index contributed by atoms with van der Waals surface area (Å²) in [5.41, 5.74) is 1.17. The molecule has 2 aromatic rings. The molecule has 0 spiro atoms. The van der Waals surface area contributed by atoms with Crippen molar-refractivity contribution in [2.75, 3.05) is 11.9 Å². The highest BCUT2D eigenvalue weighted by molar-refractivity contribution is 5.32. The number of nitriles is 1. The van der Waals surface area contributed by atoms with E-state index >= 15 is 0 Å². The number of nitrogens with one attached hydrogen (secondary N) is 2. The van der Waals surface area contributed by atoms with Crippen molar-refractivity contribution in [3.8, 4) is 6.07 Å². The first-order chi connectivity index (χ1) is 8.78. The van der Waals surface area contributed by atoms with Crippen LogP contribution in [0, 0.1) is 18.3 Å². The molecule has 0 fully saturated rings. The maximum Gasteiger partial charge on any atom is 0.224 e. The Labute approximate surface area is 105 Å². The number of H-pyrrole nitrogens is 1. The largest absolute Gasteiger partial charge is 0.354 e. The Balaban J connectivity index is 1.83. The van der Waals surface area contributed by atoms with Crippen molar-refractivity contribution < 1.29 is 0 Å². The molecular formula is C12H14N6. The normalized spacial score (nSPS) is 10.0. The number of nitrogens with zero attached hydrogens (tertiary/aromatic N) is 4. The first-order valence-electron chi connectivity index (χ1n) is 5.76. The highest BCUT2D eigenvalue weighted by Gasteiger charge is 2.01. The van der Waals surface area contributed by atoms with Gasteiger partial charge in [-0.3, -0.25) is 0 Å². The van der Waals surface area contributed by atoms with Crippen LogP contribution in [0.25, 0.3) is 0 Å². The maximum absolute atomic E-state index is 8.80. The molecule has 0 aliphatic heterocycles. The number of anilines is 1. The zero-order valence-corrected chi connectivity index (χ0v) is 10.1. The molecule has 0 saturated heterocycles. The highest BCUT2D eigenvalue weighted by Crippen LogP contribution is 2.04. The lowest BCUT2D eigenvalue weighted by molar-refractivity contribution is 0.809. The SMILES string of the molecule is Cc1cc(C#N)nc(NCCCc2ncc[nH]2)n1. The summed E-state index contributed by atoms with van der Waals surface area (Å²) in [6.45, 7) is 2.59. The van der Waals surface area contributed by atoms with Gasteiger partial charge in [0.05, 0.1) is 0 Å². The van der Waals surface area contributed by atoms with Gasteiger partial charge in [0.1, 0.15) is 17.6 Å². The van der Waals surface area contributed by atoms with Gasteiger partial charge in [0, 0.05) is 31.1 Å². The molecular weight excluding hydrogens is 228 g/mol. The zero-order valence-electron chi connectivity index (χ0n) is 10.1. The molecule has 2 N–H and O–H groups in total. The van der Waals surface area contributed by atoms with Gasteiger partial charge >= 0.3 is 0 Å². The molecule has 0 aliphatic rings. The lowest BCUT2D eigenvalue weighted by Gasteiger charge is -2.04. The molecule has 0 unspecified atom stereocenters. The minimum Gasteiger partial charge on any atom is -0.354 e. The van der Waals surface area contributed by atoms with Crippen LogP contribution in [0.5, 0.6) is 0 Å². The standard InChI is InChI=1S/C12H14N6/c1-9-7-10(8-13)18-12(17-9)16-4-2-3-11-14-5-6-15-11/h5-7H,2-4H2,1H3,(H,14,15)(H,16,17,18). The van der Waals surface area contributed by atoms with Crippen molar-refractivity contribution in [3.05, 3.63) is 35.7 Å². The van der Waals surface area contributed by atoms with E-state index in [0.717, 1.165) is 30.9 Å². The summed E-state index contributed by atoms with van der Waals surface area (Å²) in [4.78, 5) is 15.5. The number of hydrogen-bond acceptors (Lipinski definition) is 5. The van der Waals surface area contributed by atoms with Crippen molar-refractivity contribution in [3.63, 3.8) is 0 Å².